The lowest BCUT2D eigenvalue weighted by Crippen LogP contribution is -2.34. The molecule has 0 saturated carbocycles. The van der Waals surface area contributed by atoms with Crippen LogP contribution >= 0.6 is 0 Å². The molecule has 25 heavy (non-hydrogen) atoms. The first-order valence-corrected chi connectivity index (χ1v) is 7.86. The molecule has 6 heteroatoms. The number of benzene rings is 2. The van der Waals surface area contributed by atoms with Crippen LogP contribution in [0.2, 0.25) is 0 Å². The highest BCUT2D eigenvalue weighted by Gasteiger charge is 2.22. The van der Waals surface area contributed by atoms with Gasteiger partial charge in [0.15, 0.2) is 0 Å². The molecule has 0 fully saturated rings. The number of nitrogens with zero attached hydrogens (tertiary/aromatic N) is 1. The summed E-state index contributed by atoms with van der Waals surface area (Å²) in [6, 6.07) is 14.6. The fourth-order valence-electron chi connectivity index (χ4n) is 2.33. The second kappa shape index (κ2) is 8.73. The van der Waals surface area contributed by atoms with E-state index in [1.165, 1.54) is 12.0 Å². The third kappa shape index (κ3) is 5.24. The molecule has 0 unspecified atom stereocenters. The number of hydrogen-bond donors (Lipinski definition) is 1. The number of carboxylic acids is 1. The third-order valence-electron chi connectivity index (χ3n) is 3.60. The highest BCUT2D eigenvalue weighted by molar-refractivity contribution is 5.90. The van der Waals surface area contributed by atoms with E-state index in [4.69, 9.17) is 14.6 Å². The van der Waals surface area contributed by atoms with E-state index in [2.05, 4.69) is 0 Å². The Bertz CT molecular complexity index is 730. The molecule has 0 radical (unpaired) electrons. The van der Waals surface area contributed by atoms with Gasteiger partial charge >= 0.3 is 12.1 Å². The van der Waals surface area contributed by atoms with E-state index in [1.54, 1.807) is 12.1 Å². The minimum atomic E-state index is -0.993. The van der Waals surface area contributed by atoms with Crippen LogP contribution < -0.4 is 9.64 Å². The topological polar surface area (TPSA) is 76.1 Å². The van der Waals surface area contributed by atoms with Crippen molar-refractivity contribution in [2.75, 3.05) is 18.6 Å². The number of aliphatic carboxylic acids is 1. The zero-order chi connectivity index (χ0) is 18.2. The van der Waals surface area contributed by atoms with Gasteiger partial charge < -0.3 is 14.6 Å². The number of carbonyl (C=O) groups excluding carboxylic acids is 1. The number of carboxylic acid groups (broad SMARTS) is 1. The first-order valence-electron chi connectivity index (χ1n) is 7.86. The molecule has 0 bridgehead atoms. The van der Waals surface area contributed by atoms with Crippen molar-refractivity contribution in [1.29, 1.82) is 0 Å². The molecule has 1 N–H and O–H groups in total. The largest absolute Gasteiger partial charge is 0.495 e. The number of methoxy groups -OCH3 is 1. The summed E-state index contributed by atoms with van der Waals surface area (Å²) in [5.74, 6) is -0.514. The molecule has 1 amide bonds. The maximum Gasteiger partial charge on any atom is 0.414 e. The van der Waals surface area contributed by atoms with Gasteiger partial charge in [0.25, 0.3) is 0 Å². The van der Waals surface area contributed by atoms with Gasteiger partial charge in [-0.05, 0) is 30.2 Å². The van der Waals surface area contributed by atoms with Crippen molar-refractivity contribution in [3.8, 4) is 5.75 Å². The lowest BCUT2D eigenvalue weighted by molar-refractivity contribution is -0.136. The third-order valence-corrected chi connectivity index (χ3v) is 3.60. The van der Waals surface area contributed by atoms with Crippen LogP contribution in [0.3, 0.4) is 0 Å². The standard InChI is InChI=1S/C19H21NO5/c1-14-8-9-17(24-2)16(12-14)20(11-10-18(21)22)19(23)25-13-15-6-4-3-5-7-15/h3-9,12H,10-11,13H2,1-2H3,(H,21,22). The summed E-state index contributed by atoms with van der Waals surface area (Å²) in [7, 11) is 1.50. The quantitative estimate of drug-likeness (QED) is 0.831. The zero-order valence-corrected chi connectivity index (χ0v) is 14.3. The fourth-order valence-corrected chi connectivity index (χ4v) is 2.33. The van der Waals surface area contributed by atoms with Crippen molar-refractivity contribution in [2.45, 2.75) is 20.0 Å². The smallest absolute Gasteiger partial charge is 0.414 e. The predicted octanol–water partition coefficient (Wildman–Crippen LogP) is 3.62. The van der Waals surface area contributed by atoms with Gasteiger partial charge in [-0.15, -0.1) is 0 Å². The molecule has 0 atom stereocenters. The number of aryl methyl sites for hydroxylation is 1. The molecule has 0 aromatic heterocycles. The van der Waals surface area contributed by atoms with Gasteiger partial charge in [-0.2, -0.15) is 0 Å². The molecule has 0 spiro atoms. The van der Waals surface area contributed by atoms with Crippen LogP contribution in [0.15, 0.2) is 48.5 Å². The highest BCUT2D eigenvalue weighted by Crippen LogP contribution is 2.30. The van der Waals surface area contributed by atoms with Crippen molar-refractivity contribution >= 4 is 17.7 Å². The lowest BCUT2D eigenvalue weighted by Gasteiger charge is -2.24. The summed E-state index contributed by atoms with van der Waals surface area (Å²) in [5, 5.41) is 8.97. The fraction of sp³-hybridized carbons (Fsp3) is 0.263. The molecule has 2 aromatic rings. The van der Waals surface area contributed by atoms with Crippen molar-refractivity contribution in [2.24, 2.45) is 0 Å². The average molecular weight is 343 g/mol. The molecule has 2 aromatic carbocycles. The van der Waals surface area contributed by atoms with E-state index >= 15 is 0 Å². The molecular weight excluding hydrogens is 322 g/mol. The Hall–Kier alpha value is -3.02. The molecule has 0 aliphatic carbocycles. The van der Waals surface area contributed by atoms with E-state index in [1.807, 2.05) is 43.3 Å². The second-order valence-corrected chi connectivity index (χ2v) is 5.51. The second-order valence-electron chi connectivity index (χ2n) is 5.51. The number of rotatable bonds is 7. The number of amides is 1. The van der Waals surface area contributed by atoms with Crippen LogP contribution in [0.1, 0.15) is 17.5 Å². The van der Waals surface area contributed by atoms with Gasteiger partial charge in [-0.3, -0.25) is 9.69 Å². The maximum atomic E-state index is 12.6. The summed E-state index contributed by atoms with van der Waals surface area (Å²) >= 11 is 0. The minimum absolute atomic E-state index is 0.0111. The Morgan fingerprint density at radius 1 is 1.12 bits per heavy atom. The van der Waals surface area contributed by atoms with E-state index in [0.29, 0.717) is 11.4 Å². The Labute approximate surface area is 146 Å². The summed E-state index contributed by atoms with van der Waals surface area (Å²) in [6.07, 6.45) is -0.814. The first kappa shape index (κ1) is 18.3. The number of anilines is 1. The number of hydrogen-bond acceptors (Lipinski definition) is 4. The van der Waals surface area contributed by atoms with Crippen LogP contribution in [0.5, 0.6) is 5.75 Å². The summed E-state index contributed by atoms with van der Waals surface area (Å²) in [6.45, 7) is 1.98. The van der Waals surface area contributed by atoms with Crippen LogP contribution in [0.25, 0.3) is 0 Å². The van der Waals surface area contributed by atoms with Crippen molar-refractivity contribution in [1.82, 2.24) is 0 Å². The van der Waals surface area contributed by atoms with E-state index < -0.39 is 12.1 Å². The Kier molecular flexibility index (Phi) is 6.39. The first-order chi connectivity index (χ1) is 12.0. The maximum absolute atomic E-state index is 12.6. The normalized spacial score (nSPS) is 10.2. The van der Waals surface area contributed by atoms with Crippen molar-refractivity contribution in [3.63, 3.8) is 0 Å². The van der Waals surface area contributed by atoms with Gasteiger partial charge in [0, 0.05) is 6.54 Å². The summed E-state index contributed by atoms with van der Waals surface area (Å²) in [5.41, 5.74) is 2.26. The molecular formula is C19H21NO5. The van der Waals surface area contributed by atoms with E-state index in [-0.39, 0.29) is 19.6 Å². The molecule has 6 nitrogen and oxygen atoms in total. The monoisotopic (exact) mass is 343 g/mol. The Morgan fingerprint density at radius 2 is 1.84 bits per heavy atom. The predicted molar refractivity (Wildman–Crippen MR) is 94.0 cm³/mol. The average Bonchev–Trinajstić information content (AvgIpc) is 2.61. The minimum Gasteiger partial charge on any atom is -0.495 e. The molecule has 0 aliphatic rings. The zero-order valence-electron chi connectivity index (χ0n) is 14.3. The Balaban J connectivity index is 2.21. The molecule has 0 heterocycles. The van der Waals surface area contributed by atoms with Crippen molar-refractivity contribution < 1.29 is 24.2 Å². The molecule has 132 valence electrons. The number of carbonyl (C=O) groups is 2. The molecule has 0 saturated heterocycles. The van der Waals surface area contributed by atoms with Gasteiger partial charge in [-0.1, -0.05) is 36.4 Å². The van der Waals surface area contributed by atoms with Gasteiger partial charge in [-0.25, -0.2) is 4.79 Å². The highest BCUT2D eigenvalue weighted by atomic mass is 16.6. The van der Waals surface area contributed by atoms with E-state index in [0.717, 1.165) is 11.1 Å². The van der Waals surface area contributed by atoms with E-state index in [9.17, 15) is 9.59 Å². The van der Waals surface area contributed by atoms with Gasteiger partial charge in [0.2, 0.25) is 0 Å². The Morgan fingerprint density at radius 3 is 2.48 bits per heavy atom. The summed E-state index contributed by atoms with van der Waals surface area (Å²) < 4.78 is 10.7. The van der Waals surface area contributed by atoms with Crippen molar-refractivity contribution in [3.05, 3.63) is 59.7 Å². The number of ether oxygens (including phenoxy) is 2. The molecule has 0 aliphatic heterocycles. The van der Waals surface area contributed by atoms with Crippen LogP contribution in [0, 0.1) is 6.92 Å². The lowest BCUT2D eigenvalue weighted by atomic mass is 10.2. The van der Waals surface area contributed by atoms with Gasteiger partial charge in [0.1, 0.15) is 12.4 Å². The van der Waals surface area contributed by atoms with Gasteiger partial charge in [0.05, 0.1) is 19.2 Å². The van der Waals surface area contributed by atoms with Crippen LogP contribution in [-0.4, -0.2) is 30.8 Å². The molecule has 2 rings (SSSR count). The SMILES string of the molecule is COc1ccc(C)cc1N(CCC(=O)O)C(=O)OCc1ccccc1. The summed E-state index contributed by atoms with van der Waals surface area (Å²) in [4.78, 5) is 24.8. The van der Waals surface area contributed by atoms with Crippen LogP contribution in [0.4, 0.5) is 10.5 Å². The van der Waals surface area contributed by atoms with Crippen LogP contribution in [-0.2, 0) is 16.1 Å².